The molecule has 1 aromatic heterocycles. The van der Waals surface area contributed by atoms with Crippen LogP contribution in [0.3, 0.4) is 0 Å². The minimum atomic E-state index is -0.0521. The van der Waals surface area contributed by atoms with Gasteiger partial charge in [-0.3, -0.25) is 9.59 Å². The Kier molecular flexibility index (Phi) is 8.03. The second kappa shape index (κ2) is 10.9. The Morgan fingerprint density at radius 1 is 1.09 bits per heavy atom. The molecule has 3 aromatic rings. The fourth-order valence-electron chi connectivity index (χ4n) is 3.88. The summed E-state index contributed by atoms with van der Waals surface area (Å²) in [6, 6.07) is 13.8. The molecule has 0 saturated carbocycles. The lowest BCUT2D eigenvalue weighted by atomic mass is 10.1. The second-order valence-corrected chi connectivity index (χ2v) is 8.45. The van der Waals surface area contributed by atoms with Crippen LogP contribution in [0.15, 0.2) is 42.5 Å². The Balaban J connectivity index is 1.64. The third-order valence-corrected chi connectivity index (χ3v) is 5.79. The van der Waals surface area contributed by atoms with Gasteiger partial charge in [0.1, 0.15) is 12.4 Å². The summed E-state index contributed by atoms with van der Waals surface area (Å²) in [5.74, 6) is 0.916. The van der Waals surface area contributed by atoms with Crippen molar-refractivity contribution in [2.75, 3.05) is 20.1 Å². The Morgan fingerprint density at radius 3 is 2.62 bits per heavy atom. The standard InChI is InChI=1S/C26H34N4O2/c1-5-6-16-29(4)25(31)18-30-23-11-8-7-10-22(23)28-24(30)12-9-15-27-26(32)21-14-13-19(2)17-20(21)3/h7-8,10-11,13-14,17H,5-6,9,12,15-16,18H2,1-4H3,(H,27,32). The molecule has 0 radical (unpaired) electrons. The average Bonchev–Trinajstić information content (AvgIpc) is 3.12. The van der Waals surface area contributed by atoms with Crippen molar-refractivity contribution in [3.63, 3.8) is 0 Å². The fraction of sp³-hybridized carbons (Fsp3) is 0.423. The summed E-state index contributed by atoms with van der Waals surface area (Å²) < 4.78 is 2.02. The maximum atomic E-state index is 12.8. The van der Waals surface area contributed by atoms with Crippen LogP contribution >= 0.6 is 0 Å². The first kappa shape index (κ1) is 23.5. The van der Waals surface area contributed by atoms with Crippen LogP contribution in [-0.2, 0) is 17.8 Å². The first-order chi connectivity index (χ1) is 15.4. The fourth-order valence-corrected chi connectivity index (χ4v) is 3.88. The number of fused-ring (bicyclic) bond motifs is 1. The van der Waals surface area contributed by atoms with Gasteiger partial charge in [-0.15, -0.1) is 0 Å². The van der Waals surface area contributed by atoms with Crippen LogP contribution < -0.4 is 5.32 Å². The molecule has 0 unspecified atom stereocenters. The number of nitrogens with one attached hydrogen (secondary N) is 1. The number of carbonyl (C=O) groups is 2. The van der Waals surface area contributed by atoms with E-state index < -0.39 is 0 Å². The summed E-state index contributed by atoms with van der Waals surface area (Å²) in [6.07, 6.45) is 3.50. The molecule has 1 heterocycles. The van der Waals surface area contributed by atoms with Crippen LogP contribution in [0.5, 0.6) is 0 Å². The summed E-state index contributed by atoms with van der Waals surface area (Å²) in [6.45, 7) is 7.71. The minimum absolute atomic E-state index is 0.0521. The summed E-state index contributed by atoms with van der Waals surface area (Å²) in [4.78, 5) is 31.8. The number of hydrogen-bond donors (Lipinski definition) is 1. The van der Waals surface area contributed by atoms with Crippen LogP contribution in [-0.4, -0.2) is 46.4 Å². The van der Waals surface area contributed by atoms with E-state index in [9.17, 15) is 9.59 Å². The minimum Gasteiger partial charge on any atom is -0.352 e. The molecule has 32 heavy (non-hydrogen) atoms. The van der Waals surface area contributed by atoms with Crippen molar-refractivity contribution in [3.05, 3.63) is 65.0 Å². The highest BCUT2D eigenvalue weighted by molar-refractivity contribution is 5.95. The third-order valence-electron chi connectivity index (χ3n) is 5.79. The zero-order valence-electron chi connectivity index (χ0n) is 19.6. The molecule has 3 rings (SSSR count). The summed E-state index contributed by atoms with van der Waals surface area (Å²) in [5, 5.41) is 3.01. The van der Waals surface area contributed by atoms with Gasteiger partial charge < -0.3 is 14.8 Å². The van der Waals surface area contributed by atoms with E-state index in [0.717, 1.165) is 53.8 Å². The molecule has 0 atom stereocenters. The van der Waals surface area contributed by atoms with E-state index in [4.69, 9.17) is 4.98 Å². The van der Waals surface area contributed by atoms with Crippen LogP contribution in [0.25, 0.3) is 11.0 Å². The lowest BCUT2D eigenvalue weighted by Gasteiger charge is -2.18. The van der Waals surface area contributed by atoms with Crippen molar-refractivity contribution in [1.82, 2.24) is 19.8 Å². The van der Waals surface area contributed by atoms with Gasteiger partial charge in [-0.25, -0.2) is 4.98 Å². The first-order valence-electron chi connectivity index (χ1n) is 11.4. The van der Waals surface area contributed by atoms with Gasteiger partial charge in [-0.2, -0.15) is 0 Å². The highest BCUT2D eigenvalue weighted by Crippen LogP contribution is 2.18. The molecule has 0 spiro atoms. The number of para-hydroxylation sites is 2. The molecule has 0 saturated heterocycles. The molecule has 2 aromatic carbocycles. The highest BCUT2D eigenvalue weighted by Gasteiger charge is 2.16. The van der Waals surface area contributed by atoms with E-state index in [0.29, 0.717) is 18.5 Å². The maximum absolute atomic E-state index is 12.8. The third kappa shape index (κ3) is 5.75. The van der Waals surface area contributed by atoms with E-state index in [-0.39, 0.29) is 18.4 Å². The summed E-state index contributed by atoms with van der Waals surface area (Å²) >= 11 is 0. The predicted molar refractivity (Wildman–Crippen MR) is 129 cm³/mol. The number of imidazole rings is 1. The Hall–Kier alpha value is -3.15. The van der Waals surface area contributed by atoms with Gasteiger partial charge in [-0.1, -0.05) is 43.2 Å². The van der Waals surface area contributed by atoms with Crippen LogP contribution in [0, 0.1) is 13.8 Å². The van der Waals surface area contributed by atoms with Crippen LogP contribution in [0.2, 0.25) is 0 Å². The van der Waals surface area contributed by atoms with Gasteiger partial charge in [-0.05, 0) is 50.5 Å². The Labute approximate surface area is 190 Å². The average molecular weight is 435 g/mol. The Morgan fingerprint density at radius 2 is 1.88 bits per heavy atom. The topological polar surface area (TPSA) is 67.2 Å². The smallest absolute Gasteiger partial charge is 0.251 e. The molecular formula is C26H34N4O2. The number of aromatic nitrogens is 2. The lowest BCUT2D eigenvalue weighted by molar-refractivity contribution is -0.130. The first-order valence-corrected chi connectivity index (χ1v) is 11.4. The number of carbonyl (C=O) groups excluding carboxylic acids is 2. The molecule has 0 aliphatic heterocycles. The maximum Gasteiger partial charge on any atom is 0.251 e. The summed E-state index contributed by atoms with van der Waals surface area (Å²) in [7, 11) is 1.86. The Bertz CT molecular complexity index is 1090. The van der Waals surface area contributed by atoms with Gasteiger partial charge in [0.2, 0.25) is 5.91 Å². The normalized spacial score (nSPS) is 11.0. The lowest BCUT2D eigenvalue weighted by Crippen LogP contribution is -2.31. The van der Waals surface area contributed by atoms with Crippen LogP contribution in [0.4, 0.5) is 0 Å². The number of amides is 2. The van der Waals surface area contributed by atoms with E-state index in [1.807, 2.05) is 67.9 Å². The van der Waals surface area contributed by atoms with Crippen molar-refractivity contribution in [2.45, 2.75) is 53.0 Å². The highest BCUT2D eigenvalue weighted by atomic mass is 16.2. The van der Waals surface area contributed by atoms with Crippen molar-refractivity contribution in [2.24, 2.45) is 0 Å². The largest absolute Gasteiger partial charge is 0.352 e. The predicted octanol–water partition coefficient (Wildman–Crippen LogP) is 4.27. The molecule has 0 bridgehead atoms. The number of likely N-dealkylation sites (N-methyl/N-ethyl adjacent to an activating group) is 1. The monoisotopic (exact) mass is 434 g/mol. The molecular weight excluding hydrogens is 400 g/mol. The zero-order chi connectivity index (χ0) is 23.1. The molecule has 1 N–H and O–H groups in total. The van der Waals surface area contributed by atoms with E-state index in [1.165, 1.54) is 0 Å². The molecule has 0 fully saturated rings. The van der Waals surface area contributed by atoms with E-state index in [2.05, 4.69) is 12.2 Å². The zero-order valence-corrected chi connectivity index (χ0v) is 19.6. The van der Waals surface area contributed by atoms with Gasteiger partial charge in [0.25, 0.3) is 5.91 Å². The molecule has 0 aliphatic rings. The van der Waals surface area contributed by atoms with Crippen molar-refractivity contribution in [3.8, 4) is 0 Å². The van der Waals surface area contributed by atoms with Crippen molar-refractivity contribution in [1.29, 1.82) is 0 Å². The molecule has 6 nitrogen and oxygen atoms in total. The van der Waals surface area contributed by atoms with Crippen molar-refractivity contribution < 1.29 is 9.59 Å². The number of aryl methyl sites for hydroxylation is 3. The van der Waals surface area contributed by atoms with Gasteiger partial charge in [0, 0.05) is 32.1 Å². The second-order valence-electron chi connectivity index (χ2n) is 8.45. The molecule has 6 heteroatoms. The van der Waals surface area contributed by atoms with Crippen molar-refractivity contribution >= 4 is 22.8 Å². The van der Waals surface area contributed by atoms with E-state index >= 15 is 0 Å². The van der Waals surface area contributed by atoms with Gasteiger partial charge in [0.15, 0.2) is 0 Å². The van der Waals surface area contributed by atoms with Gasteiger partial charge in [0.05, 0.1) is 11.0 Å². The number of hydrogen-bond acceptors (Lipinski definition) is 3. The van der Waals surface area contributed by atoms with E-state index in [1.54, 1.807) is 4.90 Å². The summed E-state index contributed by atoms with van der Waals surface area (Å²) in [5.41, 5.74) is 4.70. The van der Waals surface area contributed by atoms with Gasteiger partial charge >= 0.3 is 0 Å². The SMILES string of the molecule is CCCCN(C)C(=O)Cn1c(CCCNC(=O)c2ccc(C)cc2C)nc2ccccc21. The van der Waals surface area contributed by atoms with Crippen LogP contribution in [0.1, 0.15) is 53.5 Å². The number of nitrogens with zero attached hydrogens (tertiary/aromatic N) is 3. The number of unbranched alkanes of at least 4 members (excludes halogenated alkanes) is 1. The molecule has 170 valence electrons. The number of benzene rings is 2. The number of rotatable bonds is 10. The molecule has 2 amide bonds. The molecule has 0 aliphatic carbocycles. The quantitative estimate of drug-likeness (QED) is 0.485.